The number of aryl methyl sites for hydroxylation is 3. The molecule has 17 heteroatoms. The molecule has 4 aromatic rings. The summed E-state index contributed by atoms with van der Waals surface area (Å²) in [5.41, 5.74) is -0.677. The number of rotatable bonds is 11. The van der Waals surface area contributed by atoms with Crippen molar-refractivity contribution in [1.82, 2.24) is 14.1 Å². The van der Waals surface area contributed by atoms with Gasteiger partial charge in [0.25, 0.3) is 10.0 Å². The van der Waals surface area contributed by atoms with E-state index in [-0.39, 0.29) is 26.9 Å². The average molecular weight is 781 g/mol. The maximum Gasteiger partial charge on any atom is 0.433 e. The van der Waals surface area contributed by atoms with Crippen LogP contribution in [0.1, 0.15) is 47.1 Å². The van der Waals surface area contributed by atoms with E-state index in [0.29, 0.717) is 35.5 Å². The molecule has 1 N–H and O–H groups in total. The second kappa shape index (κ2) is 14.5. The molecule has 0 amide bonds. The van der Waals surface area contributed by atoms with E-state index < -0.39 is 66.6 Å². The van der Waals surface area contributed by atoms with Gasteiger partial charge in [-0.15, -0.1) is 11.3 Å². The van der Waals surface area contributed by atoms with Gasteiger partial charge >= 0.3 is 17.9 Å². The Morgan fingerprint density at radius 3 is 2.00 bits per heavy atom. The van der Waals surface area contributed by atoms with Crippen molar-refractivity contribution in [3.8, 4) is 12.3 Å². The number of nitrogens with zero attached hydrogens (tertiary/aromatic N) is 4. The number of hydrogen-bond acceptors (Lipinski definition) is 6. The minimum absolute atomic E-state index is 0.117. The monoisotopic (exact) mass is 780 g/mol. The van der Waals surface area contributed by atoms with E-state index in [2.05, 4.69) is 16.0 Å². The summed E-state index contributed by atoms with van der Waals surface area (Å²) in [5, 5.41) is 3.92. The topological polar surface area (TPSA) is 113 Å². The van der Waals surface area contributed by atoms with E-state index in [0.717, 1.165) is 22.3 Å². The third-order valence-corrected chi connectivity index (χ3v) is 11.7. The molecule has 1 saturated carbocycles. The smallest absolute Gasteiger partial charge is 0.250 e. The van der Waals surface area contributed by atoms with Gasteiger partial charge in [-0.3, -0.25) is 4.98 Å². The van der Waals surface area contributed by atoms with Crippen LogP contribution in [0.3, 0.4) is 0 Å². The number of hydrazone groups is 1. The van der Waals surface area contributed by atoms with Crippen molar-refractivity contribution in [2.75, 3.05) is 0 Å². The zero-order valence-electron chi connectivity index (χ0n) is 27.8. The van der Waals surface area contributed by atoms with Crippen molar-refractivity contribution in [1.29, 1.82) is 0 Å². The number of halogens is 6. The molecular weight excluding hydrogens is 749 g/mol. The lowest BCUT2D eigenvalue weighted by molar-refractivity contribution is -0.580. The molecule has 0 saturated heterocycles. The maximum atomic E-state index is 18.0. The first-order valence-electron chi connectivity index (χ1n) is 15.6. The van der Waals surface area contributed by atoms with Gasteiger partial charge in [-0.25, -0.2) is 8.42 Å². The molecular formula is C35H32ClF5N5O4S2+. The molecule has 0 spiro atoms. The number of hydrogen-bond donors (Lipinski definition) is 1. The predicted octanol–water partition coefficient (Wildman–Crippen LogP) is 6.59. The standard InChI is InChI=1S/C35H32ClF5N5O4S2/c1-5-30(25-11-12-25)46(52(49,50)29-19-20-31(42-21-29)35(39,40)41)32(26-13-15-27(36)16-14-26)34(37,38)33(45-23(3)7-6-8-24(45)4)43-44-51(47,48)28-17-9-22(2)10-18-28/h1,6-10,13-21,25,30,32,44H,11-12H2,2-4H3/q+1/b43-33-/t30?,32-/m1/s1. The molecule has 2 aromatic heterocycles. The zero-order chi connectivity index (χ0) is 38.2. The van der Waals surface area contributed by atoms with Gasteiger partial charge < -0.3 is 0 Å². The SMILES string of the molecule is C#CC(C1CC1)N([C@H](c1ccc(Cl)cc1)C(F)(F)/C(=N/NS(=O)(=O)c1ccc(C)cc1)[n+]1c(C)cccc1C)S(=O)(=O)c1ccc(C(F)(F)F)nc1. The normalized spacial score (nSPS) is 15.6. The Kier molecular flexibility index (Phi) is 10.8. The molecule has 2 heterocycles. The molecule has 5 rings (SSSR count). The van der Waals surface area contributed by atoms with Gasteiger partial charge in [0.15, 0.2) is 0 Å². The lowest BCUT2D eigenvalue weighted by Crippen LogP contribution is -2.63. The molecule has 0 radical (unpaired) electrons. The fraction of sp³-hybridized carbons (Fsp3) is 0.286. The quantitative estimate of drug-likeness (QED) is 0.0462. The van der Waals surface area contributed by atoms with Gasteiger partial charge in [0.2, 0.25) is 10.0 Å². The number of benzene rings is 2. The molecule has 2 aromatic carbocycles. The minimum Gasteiger partial charge on any atom is -0.250 e. The number of sulfonamides is 2. The van der Waals surface area contributed by atoms with Gasteiger partial charge in [-0.2, -0.15) is 39.2 Å². The highest BCUT2D eigenvalue weighted by molar-refractivity contribution is 7.89. The highest BCUT2D eigenvalue weighted by Crippen LogP contribution is 2.47. The van der Waals surface area contributed by atoms with Crippen molar-refractivity contribution in [2.24, 2.45) is 11.0 Å². The summed E-state index contributed by atoms with van der Waals surface area (Å²) in [5.74, 6) is -3.94. The van der Waals surface area contributed by atoms with Crippen LogP contribution in [0.15, 0.2) is 100.0 Å². The molecule has 274 valence electrons. The summed E-state index contributed by atoms with van der Waals surface area (Å²) in [6.45, 7) is 4.64. The second-order valence-electron chi connectivity index (χ2n) is 12.2. The zero-order valence-corrected chi connectivity index (χ0v) is 30.2. The van der Waals surface area contributed by atoms with Crippen molar-refractivity contribution >= 4 is 37.5 Å². The molecule has 1 unspecified atom stereocenters. The lowest BCUT2D eigenvalue weighted by atomic mass is 9.97. The average Bonchev–Trinajstić information content (AvgIpc) is 3.92. The molecule has 2 atom stereocenters. The van der Waals surface area contributed by atoms with Gasteiger partial charge in [-0.1, -0.05) is 53.4 Å². The van der Waals surface area contributed by atoms with E-state index in [4.69, 9.17) is 18.0 Å². The van der Waals surface area contributed by atoms with Crippen LogP contribution < -0.4 is 9.40 Å². The summed E-state index contributed by atoms with van der Waals surface area (Å²) < 4.78 is 133. The van der Waals surface area contributed by atoms with Crippen LogP contribution in [-0.4, -0.2) is 43.9 Å². The van der Waals surface area contributed by atoms with E-state index in [1.165, 1.54) is 62.4 Å². The van der Waals surface area contributed by atoms with Crippen molar-refractivity contribution in [3.05, 3.63) is 118 Å². The highest BCUT2D eigenvalue weighted by Gasteiger charge is 2.61. The third kappa shape index (κ3) is 7.97. The first-order valence-corrected chi connectivity index (χ1v) is 18.9. The van der Waals surface area contributed by atoms with E-state index in [1.54, 1.807) is 13.0 Å². The molecule has 52 heavy (non-hydrogen) atoms. The summed E-state index contributed by atoms with van der Waals surface area (Å²) in [6, 6.07) is 11.7. The Labute approximate surface area is 303 Å². The molecule has 1 fully saturated rings. The summed E-state index contributed by atoms with van der Waals surface area (Å²) in [6.07, 6.45) is 2.11. The van der Waals surface area contributed by atoms with Gasteiger partial charge in [0.1, 0.15) is 28.0 Å². The van der Waals surface area contributed by atoms with Crippen LogP contribution in [0.25, 0.3) is 0 Å². The summed E-state index contributed by atoms with van der Waals surface area (Å²) in [4.78, 5) is 4.02. The van der Waals surface area contributed by atoms with Crippen LogP contribution >= 0.6 is 11.6 Å². The van der Waals surface area contributed by atoms with E-state index >= 15 is 8.78 Å². The second-order valence-corrected chi connectivity index (χ2v) is 16.2. The largest absolute Gasteiger partial charge is 0.433 e. The van der Waals surface area contributed by atoms with Gasteiger partial charge in [-0.05, 0) is 93.6 Å². The third-order valence-electron chi connectivity index (χ3n) is 8.39. The fourth-order valence-corrected chi connectivity index (χ4v) is 8.28. The molecule has 0 bridgehead atoms. The van der Waals surface area contributed by atoms with Crippen LogP contribution in [0.4, 0.5) is 22.0 Å². The lowest BCUT2D eigenvalue weighted by Gasteiger charge is -2.38. The Morgan fingerprint density at radius 1 is 0.923 bits per heavy atom. The highest BCUT2D eigenvalue weighted by atomic mass is 35.5. The van der Waals surface area contributed by atoms with Gasteiger partial charge in [0.05, 0.1) is 16.0 Å². The van der Waals surface area contributed by atoms with Crippen LogP contribution in [0.5, 0.6) is 0 Å². The number of pyridine rings is 2. The Balaban J connectivity index is 1.80. The molecule has 1 aliphatic rings. The van der Waals surface area contributed by atoms with E-state index in [9.17, 15) is 30.0 Å². The molecule has 9 nitrogen and oxygen atoms in total. The minimum atomic E-state index is -5.20. The predicted molar refractivity (Wildman–Crippen MR) is 183 cm³/mol. The van der Waals surface area contributed by atoms with Crippen LogP contribution in [0, 0.1) is 39.0 Å². The Bertz CT molecular complexity index is 2220. The molecule has 0 aliphatic heterocycles. The Morgan fingerprint density at radius 2 is 1.50 bits per heavy atom. The van der Waals surface area contributed by atoms with E-state index in [1.807, 2.05) is 4.83 Å². The van der Waals surface area contributed by atoms with Crippen LogP contribution in [0.2, 0.25) is 5.02 Å². The summed E-state index contributed by atoms with van der Waals surface area (Å²) in [7, 11) is -9.76. The number of terminal acetylenes is 1. The van der Waals surface area contributed by atoms with Crippen LogP contribution in [-0.2, 0) is 26.2 Å². The fourth-order valence-electron chi connectivity index (χ4n) is 5.62. The summed E-state index contributed by atoms with van der Waals surface area (Å²) >= 11 is 6.11. The first-order chi connectivity index (χ1) is 24.3. The van der Waals surface area contributed by atoms with Crippen molar-refractivity contribution < 1.29 is 43.4 Å². The number of nitrogens with one attached hydrogen (secondary N) is 1. The Hall–Kier alpha value is -4.43. The first kappa shape index (κ1) is 38.8. The van der Waals surface area contributed by atoms with Gasteiger partial charge in [0, 0.05) is 11.2 Å². The number of alkyl halides is 5. The van der Waals surface area contributed by atoms with Crippen molar-refractivity contribution in [3.63, 3.8) is 0 Å². The number of aromatic nitrogens is 2. The van der Waals surface area contributed by atoms with Crippen molar-refractivity contribution in [2.45, 2.75) is 67.6 Å². The molecule has 1 aliphatic carbocycles. The maximum absolute atomic E-state index is 18.0.